The normalized spacial score (nSPS) is 13.0. The number of fused-ring (bicyclic) bond motifs is 1. The molecule has 0 aliphatic rings. The van der Waals surface area contributed by atoms with Gasteiger partial charge < -0.3 is 4.42 Å². The number of nitrogens with two attached hydrogens (primary N) is 1. The van der Waals surface area contributed by atoms with E-state index in [4.69, 9.17) is 10.3 Å². The molecule has 3 aromatic rings. The Balaban J connectivity index is 2.09. The van der Waals surface area contributed by atoms with E-state index < -0.39 is 0 Å². The number of hydrazine groups is 1. The summed E-state index contributed by atoms with van der Waals surface area (Å²) < 4.78 is 6.88. The molecule has 3 nitrogen and oxygen atoms in total. The Kier molecular flexibility index (Phi) is 3.22. The molecule has 0 aliphatic carbocycles. The highest BCUT2D eigenvalue weighted by Gasteiger charge is 2.20. The Morgan fingerprint density at radius 2 is 2.11 bits per heavy atom. The summed E-state index contributed by atoms with van der Waals surface area (Å²) in [4.78, 5) is 1.11. The highest BCUT2D eigenvalue weighted by Crippen LogP contribution is 2.34. The summed E-state index contributed by atoms with van der Waals surface area (Å²) in [5.41, 5.74) is 3.68. The van der Waals surface area contributed by atoms with Gasteiger partial charge in [0.1, 0.15) is 17.4 Å². The van der Waals surface area contributed by atoms with E-state index in [1.54, 1.807) is 11.3 Å². The van der Waals surface area contributed by atoms with Crippen molar-refractivity contribution >= 4 is 38.2 Å². The van der Waals surface area contributed by atoms with E-state index in [2.05, 4.69) is 21.4 Å². The average Bonchev–Trinajstić information content (AvgIpc) is 2.97. The van der Waals surface area contributed by atoms with E-state index >= 15 is 0 Å². The number of nitrogens with one attached hydrogen (secondary N) is 1. The summed E-state index contributed by atoms with van der Waals surface area (Å²) in [6, 6.07) is 11.8. The summed E-state index contributed by atoms with van der Waals surface area (Å²) >= 11 is 5.16. The van der Waals surface area contributed by atoms with Crippen molar-refractivity contribution in [3.8, 4) is 0 Å². The largest absolute Gasteiger partial charge is 0.459 e. The molecule has 0 fully saturated rings. The number of hydrogen-bond acceptors (Lipinski definition) is 4. The van der Waals surface area contributed by atoms with Gasteiger partial charge in [0, 0.05) is 14.7 Å². The van der Waals surface area contributed by atoms with Crippen LogP contribution in [-0.4, -0.2) is 0 Å². The van der Waals surface area contributed by atoms with Crippen molar-refractivity contribution < 1.29 is 4.42 Å². The molecular weight excluding hydrogens is 312 g/mol. The molecule has 0 radical (unpaired) electrons. The predicted molar refractivity (Wildman–Crippen MR) is 77.4 cm³/mol. The van der Waals surface area contributed by atoms with Crippen LogP contribution in [0.1, 0.15) is 16.7 Å². The number of rotatable bonds is 3. The second kappa shape index (κ2) is 4.85. The van der Waals surface area contributed by atoms with Crippen molar-refractivity contribution in [3.63, 3.8) is 0 Å². The third-order valence-corrected chi connectivity index (χ3v) is 4.74. The second-order valence-corrected chi connectivity index (χ2v) is 5.72. The maximum Gasteiger partial charge on any atom is 0.134 e. The molecule has 2 heterocycles. The molecule has 3 N–H and O–H groups in total. The topological polar surface area (TPSA) is 51.2 Å². The van der Waals surface area contributed by atoms with Gasteiger partial charge in [-0.25, -0.2) is 5.43 Å². The minimum Gasteiger partial charge on any atom is -0.459 e. The van der Waals surface area contributed by atoms with E-state index in [9.17, 15) is 0 Å². The Morgan fingerprint density at radius 1 is 1.28 bits per heavy atom. The Hall–Kier alpha value is -1.14. The molecule has 0 saturated carbocycles. The molecule has 18 heavy (non-hydrogen) atoms. The lowest BCUT2D eigenvalue weighted by atomic mass is 10.2. The SMILES string of the molecule is NNC(c1cc2ccccc2o1)c1sccc1Br. The van der Waals surface area contributed by atoms with Crippen LogP contribution in [0.2, 0.25) is 0 Å². The van der Waals surface area contributed by atoms with Crippen molar-refractivity contribution in [2.24, 2.45) is 5.84 Å². The van der Waals surface area contributed by atoms with Gasteiger partial charge in [-0.1, -0.05) is 18.2 Å². The molecule has 0 spiro atoms. The van der Waals surface area contributed by atoms with Gasteiger partial charge in [0.2, 0.25) is 0 Å². The molecule has 1 aromatic carbocycles. The van der Waals surface area contributed by atoms with E-state index in [0.717, 1.165) is 26.1 Å². The van der Waals surface area contributed by atoms with Gasteiger partial charge in [0.05, 0.1) is 0 Å². The van der Waals surface area contributed by atoms with Crippen molar-refractivity contribution in [1.29, 1.82) is 0 Å². The van der Waals surface area contributed by atoms with E-state index in [1.165, 1.54) is 0 Å². The van der Waals surface area contributed by atoms with E-state index in [0.29, 0.717) is 0 Å². The molecule has 5 heteroatoms. The monoisotopic (exact) mass is 322 g/mol. The zero-order chi connectivity index (χ0) is 12.5. The molecule has 92 valence electrons. The number of hydrogen-bond donors (Lipinski definition) is 2. The molecule has 2 aromatic heterocycles. The Morgan fingerprint density at radius 3 is 2.78 bits per heavy atom. The summed E-state index contributed by atoms with van der Waals surface area (Å²) in [6.07, 6.45) is 0. The predicted octanol–water partition coefficient (Wildman–Crippen LogP) is 3.81. The second-order valence-electron chi connectivity index (χ2n) is 3.92. The molecular formula is C13H11BrN2OS. The lowest BCUT2D eigenvalue weighted by Crippen LogP contribution is -2.28. The van der Waals surface area contributed by atoms with Crippen LogP contribution in [-0.2, 0) is 0 Å². The summed E-state index contributed by atoms with van der Waals surface area (Å²) in [5.74, 6) is 6.48. The minimum absolute atomic E-state index is 0.133. The zero-order valence-corrected chi connectivity index (χ0v) is 11.8. The van der Waals surface area contributed by atoms with Crippen LogP contribution < -0.4 is 11.3 Å². The lowest BCUT2D eigenvalue weighted by molar-refractivity contribution is 0.480. The third kappa shape index (κ3) is 1.99. The van der Waals surface area contributed by atoms with Crippen LogP contribution in [0.4, 0.5) is 0 Å². The number of para-hydroxylation sites is 1. The van der Waals surface area contributed by atoms with Crippen molar-refractivity contribution in [2.45, 2.75) is 6.04 Å². The average molecular weight is 323 g/mol. The van der Waals surface area contributed by atoms with Gasteiger partial charge in [-0.3, -0.25) is 5.84 Å². The van der Waals surface area contributed by atoms with E-state index in [1.807, 2.05) is 41.8 Å². The van der Waals surface area contributed by atoms with Crippen LogP contribution in [0.3, 0.4) is 0 Å². The minimum atomic E-state index is -0.133. The number of thiophene rings is 1. The summed E-state index contributed by atoms with van der Waals surface area (Å²) in [5, 5.41) is 3.10. The Bertz CT molecular complexity index is 643. The zero-order valence-electron chi connectivity index (χ0n) is 9.39. The van der Waals surface area contributed by atoms with Crippen LogP contribution in [0, 0.1) is 0 Å². The molecule has 3 rings (SSSR count). The molecule has 0 aliphatic heterocycles. The Labute approximate surface area is 117 Å². The molecule has 0 saturated heterocycles. The first-order valence-electron chi connectivity index (χ1n) is 5.47. The van der Waals surface area contributed by atoms with Gasteiger partial charge in [-0.05, 0) is 39.5 Å². The number of halogens is 1. The van der Waals surface area contributed by atoms with Gasteiger partial charge in [-0.15, -0.1) is 11.3 Å². The van der Waals surface area contributed by atoms with Crippen LogP contribution in [0.25, 0.3) is 11.0 Å². The summed E-state index contributed by atoms with van der Waals surface area (Å²) in [6.45, 7) is 0. The number of benzene rings is 1. The van der Waals surface area contributed by atoms with Crippen molar-refractivity contribution in [3.05, 3.63) is 56.9 Å². The van der Waals surface area contributed by atoms with Crippen LogP contribution in [0.15, 0.2) is 50.7 Å². The van der Waals surface area contributed by atoms with Crippen molar-refractivity contribution in [1.82, 2.24) is 5.43 Å². The van der Waals surface area contributed by atoms with Crippen LogP contribution >= 0.6 is 27.3 Å². The maximum absolute atomic E-state index is 5.84. The first kappa shape index (κ1) is 11.9. The lowest BCUT2D eigenvalue weighted by Gasteiger charge is -2.11. The first-order valence-corrected chi connectivity index (χ1v) is 7.14. The van der Waals surface area contributed by atoms with Gasteiger partial charge >= 0.3 is 0 Å². The van der Waals surface area contributed by atoms with Gasteiger partial charge in [0.15, 0.2) is 0 Å². The van der Waals surface area contributed by atoms with Gasteiger partial charge in [0.25, 0.3) is 0 Å². The van der Waals surface area contributed by atoms with Crippen molar-refractivity contribution in [2.75, 3.05) is 0 Å². The fraction of sp³-hybridized carbons (Fsp3) is 0.0769. The van der Waals surface area contributed by atoms with Crippen LogP contribution in [0.5, 0.6) is 0 Å². The maximum atomic E-state index is 5.84. The fourth-order valence-corrected chi connectivity index (χ4v) is 3.61. The number of furan rings is 1. The third-order valence-electron chi connectivity index (χ3n) is 2.80. The quantitative estimate of drug-likeness (QED) is 0.569. The smallest absolute Gasteiger partial charge is 0.134 e. The first-order chi connectivity index (χ1) is 8.79. The standard InChI is InChI=1S/C13H11BrN2OS/c14-9-5-6-18-13(9)12(16-15)11-7-8-3-1-2-4-10(8)17-11/h1-7,12,16H,15H2. The molecule has 0 amide bonds. The van der Waals surface area contributed by atoms with Gasteiger partial charge in [-0.2, -0.15) is 0 Å². The fourth-order valence-electron chi connectivity index (χ4n) is 1.94. The molecule has 1 unspecified atom stereocenters. The van der Waals surface area contributed by atoms with E-state index in [-0.39, 0.29) is 6.04 Å². The molecule has 1 atom stereocenters. The summed E-state index contributed by atoms with van der Waals surface area (Å²) in [7, 11) is 0. The highest BCUT2D eigenvalue weighted by atomic mass is 79.9. The molecule has 0 bridgehead atoms. The highest BCUT2D eigenvalue weighted by molar-refractivity contribution is 9.10.